The molecule has 0 amide bonds. The third kappa shape index (κ3) is 2.69. The third-order valence-electron chi connectivity index (χ3n) is 2.56. The molecule has 2 aromatic carbocycles. The van der Waals surface area contributed by atoms with Crippen LogP contribution in [0.4, 0.5) is 15.8 Å². The molecule has 90 valence electrons. The lowest BCUT2D eigenvalue weighted by molar-refractivity contribution is 0.627. The highest BCUT2D eigenvalue weighted by Crippen LogP contribution is 2.25. The summed E-state index contributed by atoms with van der Waals surface area (Å²) in [6.07, 6.45) is 0. The molecule has 2 rings (SSSR count). The van der Waals surface area contributed by atoms with E-state index in [2.05, 4.69) is 27.3 Å². The number of benzene rings is 2. The molecule has 0 aliphatic rings. The maximum absolute atomic E-state index is 13.0. The molecule has 0 aliphatic carbocycles. The number of nitrogens with zero attached hydrogens (tertiary/aromatic N) is 1. The van der Waals surface area contributed by atoms with Crippen LogP contribution in [0.25, 0.3) is 0 Å². The molecule has 2 nitrogen and oxygen atoms in total. The second kappa shape index (κ2) is 5.19. The molecular weight excluding hydrogens is 295 g/mol. The topological polar surface area (TPSA) is 35.8 Å². The summed E-state index contributed by atoms with van der Waals surface area (Å²) >= 11 is 3.33. The highest BCUT2D eigenvalue weighted by atomic mass is 79.9. The van der Waals surface area contributed by atoms with Gasteiger partial charge in [-0.1, -0.05) is 0 Å². The summed E-state index contributed by atoms with van der Waals surface area (Å²) in [5.74, 6) is -0.251. The van der Waals surface area contributed by atoms with Crippen LogP contribution < -0.4 is 5.32 Å². The Morgan fingerprint density at radius 3 is 2.61 bits per heavy atom. The largest absolute Gasteiger partial charge is 0.355 e. The van der Waals surface area contributed by atoms with Crippen molar-refractivity contribution in [2.45, 2.75) is 6.92 Å². The van der Waals surface area contributed by atoms with Crippen LogP contribution in [-0.4, -0.2) is 0 Å². The van der Waals surface area contributed by atoms with Gasteiger partial charge in [-0.2, -0.15) is 5.26 Å². The van der Waals surface area contributed by atoms with E-state index in [-0.39, 0.29) is 5.82 Å². The van der Waals surface area contributed by atoms with Crippen molar-refractivity contribution in [3.63, 3.8) is 0 Å². The molecule has 4 heteroatoms. The first-order valence-electron chi connectivity index (χ1n) is 5.33. The highest BCUT2D eigenvalue weighted by Gasteiger charge is 2.03. The zero-order chi connectivity index (χ0) is 13.1. The van der Waals surface area contributed by atoms with Crippen molar-refractivity contribution < 1.29 is 4.39 Å². The molecular formula is C14H10BrFN2. The van der Waals surface area contributed by atoms with Gasteiger partial charge in [0.2, 0.25) is 0 Å². The molecule has 0 aliphatic heterocycles. The summed E-state index contributed by atoms with van der Waals surface area (Å²) in [6.45, 7) is 1.84. The average molecular weight is 305 g/mol. The summed E-state index contributed by atoms with van der Waals surface area (Å²) in [7, 11) is 0. The quantitative estimate of drug-likeness (QED) is 0.886. The maximum atomic E-state index is 13.0. The summed E-state index contributed by atoms with van der Waals surface area (Å²) in [5.41, 5.74) is 3.09. The Kier molecular flexibility index (Phi) is 3.63. The van der Waals surface area contributed by atoms with Gasteiger partial charge in [0.05, 0.1) is 5.56 Å². The summed E-state index contributed by atoms with van der Waals surface area (Å²) in [4.78, 5) is 0. The molecule has 0 unspecified atom stereocenters. The number of hydrogen-bond donors (Lipinski definition) is 1. The number of halogens is 2. The van der Waals surface area contributed by atoms with E-state index in [4.69, 9.17) is 5.26 Å². The lowest BCUT2D eigenvalue weighted by Gasteiger charge is -2.10. The number of nitriles is 1. The van der Waals surface area contributed by atoms with Crippen molar-refractivity contribution in [1.82, 2.24) is 0 Å². The summed E-state index contributed by atoms with van der Waals surface area (Å²) < 4.78 is 13.7. The molecule has 0 bridgehead atoms. The second-order valence-corrected chi connectivity index (χ2v) is 4.75. The van der Waals surface area contributed by atoms with Crippen LogP contribution in [0.1, 0.15) is 11.1 Å². The van der Waals surface area contributed by atoms with Crippen LogP contribution in [-0.2, 0) is 0 Å². The van der Waals surface area contributed by atoms with E-state index in [9.17, 15) is 4.39 Å². The van der Waals surface area contributed by atoms with Gasteiger partial charge in [0, 0.05) is 15.8 Å². The molecule has 0 heterocycles. The Bertz CT molecular complexity index is 632. The van der Waals surface area contributed by atoms with Gasteiger partial charge < -0.3 is 5.32 Å². The smallest absolute Gasteiger partial charge is 0.123 e. The number of nitrogens with one attached hydrogen (secondary N) is 1. The number of rotatable bonds is 2. The minimum atomic E-state index is -0.251. The molecule has 1 N–H and O–H groups in total. The van der Waals surface area contributed by atoms with Crippen LogP contribution in [0.5, 0.6) is 0 Å². The summed E-state index contributed by atoms with van der Waals surface area (Å²) in [5, 5.41) is 12.0. The SMILES string of the molecule is Cc1cc(F)ccc1Nc1ccc(C#N)c(Br)c1. The van der Waals surface area contributed by atoms with E-state index >= 15 is 0 Å². The first-order chi connectivity index (χ1) is 8.60. The summed E-state index contributed by atoms with van der Waals surface area (Å²) in [6, 6.07) is 12.0. The van der Waals surface area contributed by atoms with Crippen LogP contribution in [0.3, 0.4) is 0 Å². The predicted octanol–water partition coefficient (Wildman–Crippen LogP) is 4.51. The van der Waals surface area contributed by atoms with Gasteiger partial charge in [-0.3, -0.25) is 0 Å². The Morgan fingerprint density at radius 2 is 2.00 bits per heavy atom. The maximum Gasteiger partial charge on any atom is 0.123 e. The Morgan fingerprint density at radius 1 is 1.22 bits per heavy atom. The van der Waals surface area contributed by atoms with Gasteiger partial charge in [0.15, 0.2) is 0 Å². The standard InChI is InChI=1S/C14H10BrFN2/c1-9-6-11(16)3-5-14(9)18-12-4-2-10(8-17)13(15)7-12/h2-7,18H,1H3. The molecule has 0 radical (unpaired) electrons. The first-order valence-corrected chi connectivity index (χ1v) is 6.12. The van der Waals surface area contributed by atoms with E-state index in [1.165, 1.54) is 12.1 Å². The van der Waals surface area contributed by atoms with Crippen LogP contribution >= 0.6 is 15.9 Å². The van der Waals surface area contributed by atoms with Gasteiger partial charge in [0.1, 0.15) is 11.9 Å². The predicted molar refractivity (Wildman–Crippen MR) is 73.3 cm³/mol. The Hall–Kier alpha value is -1.86. The van der Waals surface area contributed by atoms with Crippen molar-refractivity contribution in [1.29, 1.82) is 5.26 Å². The van der Waals surface area contributed by atoms with Gasteiger partial charge in [0.25, 0.3) is 0 Å². The molecule has 0 aromatic heterocycles. The number of aryl methyl sites for hydroxylation is 1. The van der Waals surface area contributed by atoms with E-state index in [0.29, 0.717) is 5.56 Å². The van der Waals surface area contributed by atoms with Gasteiger partial charge in [-0.15, -0.1) is 0 Å². The van der Waals surface area contributed by atoms with Crippen LogP contribution in [0.15, 0.2) is 40.9 Å². The van der Waals surface area contributed by atoms with Gasteiger partial charge >= 0.3 is 0 Å². The van der Waals surface area contributed by atoms with E-state index in [1.54, 1.807) is 12.1 Å². The van der Waals surface area contributed by atoms with Crippen molar-refractivity contribution in [2.75, 3.05) is 5.32 Å². The normalized spacial score (nSPS) is 9.89. The lowest BCUT2D eigenvalue weighted by Crippen LogP contribution is -1.94. The van der Waals surface area contributed by atoms with Gasteiger partial charge in [-0.25, -0.2) is 4.39 Å². The van der Waals surface area contributed by atoms with E-state index in [0.717, 1.165) is 21.4 Å². The highest BCUT2D eigenvalue weighted by molar-refractivity contribution is 9.10. The molecule has 0 saturated heterocycles. The van der Waals surface area contributed by atoms with Crippen molar-refractivity contribution in [2.24, 2.45) is 0 Å². The number of hydrogen-bond acceptors (Lipinski definition) is 2. The number of anilines is 2. The molecule has 0 saturated carbocycles. The minimum absolute atomic E-state index is 0.251. The average Bonchev–Trinajstić information content (AvgIpc) is 2.33. The zero-order valence-corrected chi connectivity index (χ0v) is 11.3. The molecule has 18 heavy (non-hydrogen) atoms. The third-order valence-corrected chi connectivity index (χ3v) is 3.21. The fourth-order valence-electron chi connectivity index (χ4n) is 1.61. The molecule has 0 atom stereocenters. The lowest BCUT2D eigenvalue weighted by atomic mass is 10.1. The first kappa shape index (κ1) is 12.6. The molecule has 2 aromatic rings. The van der Waals surface area contributed by atoms with Gasteiger partial charge in [-0.05, 0) is 64.8 Å². The van der Waals surface area contributed by atoms with Crippen molar-refractivity contribution >= 4 is 27.3 Å². The van der Waals surface area contributed by atoms with Crippen LogP contribution in [0, 0.1) is 24.1 Å². The fourth-order valence-corrected chi connectivity index (χ4v) is 2.07. The minimum Gasteiger partial charge on any atom is -0.355 e. The zero-order valence-electron chi connectivity index (χ0n) is 9.67. The fraction of sp³-hybridized carbons (Fsp3) is 0.0714. The Balaban J connectivity index is 2.29. The second-order valence-electron chi connectivity index (χ2n) is 3.89. The van der Waals surface area contributed by atoms with Crippen LogP contribution in [0.2, 0.25) is 0 Å². The molecule has 0 fully saturated rings. The van der Waals surface area contributed by atoms with E-state index < -0.39 is 0 Å². The van der Waals surface area contributed by atoms with E-state index in [1.807, 2.05) is 19.1 Å². The van der Waals surface area contributed by atoms with Crippen molar-refractivity contribution in [3.8, 4) is 6.07 Å². The van der Waals surface area contributed by atoms with Crippen molar-refractivity contribution in [3.05, 3.63) is 57.8 Å². The Labute approximate surface area is 113 Å². The molecule has 0 spiro atoms. The monoisotopic (exact) mass is 304 g/mol.